The highest BCUT2D eigenvalue weighted by molar-refractivity contribution is 4.67. The molecule has 1 heterocycles. The van der Waals surface area contributed by atoms with Crippen LogP contribution in [0.15, 0.2) is 18.7 Å². The minimum atomic E-state index is 0.794. The number of aromatic nitrogens is 2. The zero-order valence-corrected chi connectivity index (χ0v) is 8.33. The zero-order chi connectivity index (χ0) is 8.97. The van der Waals surface area contributed by atoms with Crippen LogP contribution in [0.5, 0.6) is 0 Å². The molecule has 0 amide bonds. The molecule has 1 aromatic rings. The molecule has 0 radical (unpaired) electrons. The Balaban J connectivity index is 2.41. The summed E-state index contributed by atoms with van der Waals surface area (Å²) in [6.45, 7) is 5.70. The lowest BCUT2D eigenvalue weighted by molar-refractivity contribution is -0.671. The molecule has 0 aliphatic rings. The van der Waals surface area contributed by atoms with Crippen LogP contribution in [-0.2, 0) is 13.6 Å². The van der Waals surface area contributed by atoms with Crippen LogP contribution in [0, 0.1) is 5.92 Å². The minimum Gasteiger partial charge on any atom is -0.240 e. The number of hydrogen-bond acceptors (Lipinski definition) is 0. The van der Waals surface area contributed by atoms with Gasteiger partial charge >= 0.3 is 0 Å². The van der Waals surface area contributed by atoms with E-state index in [1.807, 2.05) is 0 Å². The van der Waals surface area contributed by atoms with Crippen molar-refractivity contribution in [1.82, 2.24) is 4.57 Å². The lowest BCUT2D eigenvalue weighted by Crippen LogP contribution is -2.24. The van der Waals surface area contributed by atoms with E-state index >= 15 is 0 Å². The van der Waals surface area contributed by atoms with Gasteiger partial charge in [-0.15, -0.1) is 0 Å². The number of aryl methyl sites for hydroxylation is 1. The summed E-state index contributed by atoms with van der Waals surface area (Å²) < 4.78 is 4.33. The first kappa shape index (κ1) is 9.30. The summed E-state index contributed by atoms with van der Waals surface area (Å²) in [7, 11) is 2.06. The summed E-state index contributed by atoms with van der Waals surface area (Å²) in [5.74, 6) is 0.794. The van der Waals surface area contributed by atoms with Crippen LogP contribution in [0.3, 0.4) is 0 Å². The molecule has 1 aromatic heterocycles. The molecule has 0 N–H and O–H groups in total. The van der Waals surface area contributed by atoms with Crippen molar-refractivity contribution in [3.05, 3.63) is 18.7 Å². The normalized spacial score (nSPS) is 13.2. The van der Waals surface area contributed by atoms with Crippen molar-refractivity contribution in [2.45, 2.75) is 33.2 Å². The van der Waals surface area contributed by atoms with E-state index in [0.717, 1.165) is 12.5 Å². The highest BCUT2D eigenvalue weighted by Gasteiger charge is 2.05. The van der Waals surface area contributed by atoms with E-state index in [1.54, 1.807) is 0 Å². The lowest BCUT2D eigenvalue weighted by atomic mass is 10.1. The Bertz CT molecular complexity index is 227. The molecule has 0 fully saturated rings. The van der Waals surface area contributed by atoms with Crippen molar-refractivity contribution in [1.29, 1.82) is 0 Å². The van der Waals surface area contributed by atoms with Crippen LogP contribution in [-0.4, -0.2) is 4.57 Å². The monoisotopic (exact) mass is 167 g/mol. The molecular weight excluding hydrogens is 148 g/mol. The fourth-order valence-electron chi connectivity index (χ4n) is 1.55. The molecule has 1 unspecified atom stereocenters. The Labute approximate surface area is 74.8 Å². The third kappa shape index (κ3) is 2.68. The summed E-state index contributed by atoms with van der Waals surface area (Å²) in [6, 6.07) is 0. The summed E-state index contributed by atoms with van der Waals surface area (Å²) in [4.78, 5) is 0. The molecule has 1 atom stereocenters. The van der Waals surface area contributed by atoms with Gasteiger partial charge in [-0.25, -0.2) is 9.13 Å². The third-order valence-electron chi connectivity index (χ3n) is 2.13. The molecule has 2 nitrogen and oxygen atoms in total. The highest BCUT2D eigenvalue weighted by atomic mass is 15.1. The van der Waals surface area contributed by atoms with Gasteiger partial charge in [-0.3, -0.25) is 0 Å². The molecule has 12 heavy (non-hydrogen) atoms. The van der Waals surface area contributed by atoms with Crippen LogP contribution in [0.4, 0.5) is 0 Å². The van der Waals surface area contributed by atoms with E-state index < -0.39 is 0 Å². The van der Waals surface area contributed by atoms with Crippen LogP contribution in [0.1, 0.15) is 26.7 Å². The Kier molecular flexibility index (Phi) is 3.32. The molecule has 0 aliphatic heterocycles. The van der Waals surface area contributed by atoms with E-state index in [2.05, 4.69) is 48.8 Å². The Hall–Kier alpha value is -0.790. The van der Waals surface area contributed by atoms with Gasteiger partial charge in [0.15, 0.2) is 0 Å². The first-order chi connectivity index (χ1) is 5.72. The largest absolute Gasteiger partial charge is 0.243 e. The van der Waals surface area contributed by atoms with Gasteiger partial charge in [0.2, 0.25) is 6.33 Å². The maximum absolute atomic E-state index is 2.31. The van der Waals surface area contributed by atoms with E-state index in [-0.39, 0.29) is 0 Å². The van der Waals surface area contributed by atoms with Gasteiger partial charge < -0.3 is 0 Å². The standard InChI is InChI=1S/C10H19N2/c1-4-5-10(2)8-12-7-6-11(3)9-12/h6-7,9-10H,4-5,8H2,1-3H3/q+1. The quantitative estimate of drug-likeness (QED) is 0.604. The summed E-state index contributed by atoms with van der Waals surface area (Å²) in [5.41, 5.74) is 0. The van der Waals surface area contributed by atoms with Gasteiger partial charge in [-0.2, -0.15) is 0 Å². The second-order valence-corrected chi connectivity index (χ2v) is 3.67. The average molecular weight is 167 g/mol. The predicted octanol–water partition coefficient (Wildman–Crippen LogP) is 1.75. The maximum atomic E-state index is 2.31. The molecule has 0 aliphatic carbocycles. The summed E-state index contributed by atoms with van der Waals surface area (Å²) in [5, 5.41) is 0. The van der Waals surface area contributed by atoms with Gasteiger partial charge in [0.05, 0.1) is 13.6 Å². The number of nitrogens with zero attached hydrogens (tertiary/aromatic N) is 2. The minimum absolute atomic E-state index is 0.794. The molecule has 0 bridgehead atoms. The van der Waals surface area contributed by atoms with E-state index in [0.29, 0.717) is 0 Å². The van der Waals surface area contributed by atoms with Crippen molar-refractivity contribution >= 4 is 0 Å². The van der Waals surface area contributed by atoms with E-state index in [4.69, 9.17) is 0 Å². The first-order valence-electron chi connectivity index (χ1n) is 4.73. The van der Waals surface area contributed by atoms with Crippen molar-refractivity contribution in [2.75, 3.05) is 0 Å². The molecule has 0 saturated heterocycles. The van der Waals surface area contributed by atoms with Crippen LogP contribution < -0.4 is 4.57 Å². The number of rotatable bonds is 4. The second kappa shape index (κ2) is 4.29. The van der Waals surface area contributed by atoms with Gasteiger partial charge in [0.25, 0.3) is 0 Å². The summed E-state index contributed by atoms with van der Waals surface area (Å²) in [6.07, 6.45) is 8.95. The van der Waals surface area contributed by atoms with Crippen molar-refractivity contribution in [2.24, 2.45) is 13.0 Å². The van der Waals surface area contributed by atoms with Gasteiger partial charge in [-0.05, 0) is 12.3 Å². The Morgan fingerprint density at radius 1 is 1.50 bits per heavy atom. The van der Waals surface area contributed by atoms with Gasteiger partial charge in [0.1, 0.15) is 12.4 Å². The van der Waals surface area contributed by atoms with Crippen LogP contribution >= 0.6 is 0 Å². The van der Waals surface area contributed by atoms with E-state index in [1.165, 1.54) is 12.8 Å². The van der Waals surface area contributed by atoms with Gasteiger partial charge in [0, 0.05) is 0 Å². The molecule has 0 saturated carbocycles. The Morgan fingerprint density at radius 3 is 2.75 bits per heavy atom. The number of hydrogen-bond donors (Lipinski definition) is 0. The van der Waals surface area contributed by atoms with Crippen molar-refractivity contribution in [3.63, 3.8) is 0 Å². The molecule has 68 valence electrons. The maximum Gasteiger partial charge on any atom is 0.243 e. The SMILES string of the molecule is CCCC(C)Cn1cc[n+](C)c1. The second-order valence-electron chi connectivity index (χ2n) is 3.67. The van der Waals surface area contributed by atoms with Crippen LogP contribution in [0.2, 0.25) is 0 Å². The predicted molar refractivity (Wildman–Crippen MR) is 49.7 cm³/mol. The smallest absolute Gasteiger partial charge is 0.240 e. The molecule has 1 rings (SSSR count). The fourth-order valence-corrected chi connectivity index (χ4v) is 1.55. The molecule has 0 aromatic carbocycles. The summed E-state index contributed by atoms with van der Waals surface area (Å²) >= 11 is 0. The lowest BCUT2D eigenvalue weighted by Gasteiger charge is -2.05. The highest BCUT2D eigenvalue weighted by Crippen LogP contribution is 2.07. The molecular formula is C10H19N2+. The Morgan fingerprint density at radius 2 is 2.25 bits per heavy atom. The molecule has 2 heteroatoms. The topological polar surface area (TPSA) is 8.81 Å². The third-order valence-corrected chi connectivity index (χ3v) is 2.13. The van der Waals surface area contributed by atoms with E-state index in [9.17, 15) is 0 Å². The number of imidazole rings is 1. The zero-order valence-electron chi connectivity index (χ0n) is 8.33. The first-order valence-corrected chi connectivity index (χ1v) is 4.73. The van der Waals surface area contributed by atoms with Gasteiger partial charge in [-0.1, -0.05) is 20.3 Å². The average Bonchev–Trinajstić information content (AvgIpc) is 2.36. The van der Waals surface area contributed by atoms with Crippen molar-refractivity contribution < 1.29 is 4.57 Å². The molecule has 0 spiro atoms. The van der Waals surface area contributed by atoms with Crippen molar-refractivity contribution in [3.8, 4) is 0 Å². The fraction of sp³-hybridized carbons (Fsp3) is 0.700. The van der Waals surface area contributed by atoms with Crippen LogP contribution in [0.25, 0.3) is 0 Å².